The van der Waals surface area contributed by atoms with E-state index in [0.717, 1.165) is 10.0 Å². The molecule has 1 aliphatic rings. The lowest BCUT2D eigenvalue weighted by Gasteiger charge is -2.31. The molecule has 0 aromatic heterocycles. The van der Waals surface area contributed by atoms with Crippen molar-refractivity contribution in [3.63, 3.8) is 0 Å². The molecule has 1 aromatic carbocycles. The maximum Gasteiger partial charge on any atom is 0.329 e. The van der Waals surface area contributed by atoms with E-state index in [4.69, 9.17) is 0 Å². The summed E-state index contributed by atoms with van der Waals surface area (Å²) < 4.78 is 0.862. The maximum atomic E-state index is 12.3. The fraction of sp³-hybridized carbons (Fsp3) is 0.429. The zero-order valence-corrected chi connectivity index (χ0v) is 13.0. The zero-order valence-electron chi connectivity index (χ0n) is 11.4. The third-order valence-electron chi connectivity index (χ3n) is 3.79. The molecule has 1 aromatic rings. The van der Waals surface area contributed by atoms with Crippen molar-refractivity contribution in [2.45, 2.75) is 32.2 Å². The molecule has 1 fully saturated rings. The molecule has 2 rings (SSSR count). The molecular formula is C14H17BrN2O3. The number of benzene rings is 1. The van der Waals surface area contributed by atoms with Gasteiger partial charge in [-0.25, -0.2) is 9.59 Å². The fourth-order valence-corrected chi connectivity index (χ4v) is 2.78. The minimum atomic E-state index is -1.12. The third-order valence-corrected chi connectivity index (χ3v) is 4.28. The van der Waals surface area contributed by atoms with Gasteiger partial charge in [-0.05, 0) is 44.4 Å². The Bertz CT molecular complexity index is 561. The molecule has 0 spiro atoms. The number of nitrogens with zero attached hydrogens (tertiary/aromatic N) is 1. The van der Waals surface area contributed by atoms with Crippen molar-refractivity contribution in [3.05, 3.63) is 28.2 Å². The van der Waals surface area contributed by atoms with Gasteiger partial charge in [-0.15, -0.1) is 0 Å². The Kier molecular flexibility index (Phi) is 4.04. The average molecular weight is 341 g/mol. The number of likely N-dealkylation sites (tertiary alicyclic amines) is 1. The number of halogens is 1. The predicted molar refractivity (Wildman–Crippen MR) is 79.9 cm³/mol. The Balaban J connectivity index is 2.20. The van der Waals surface area contributed by atoms with Gasteiger partial charge < -0.3 is 15.3 Å². The highest BCUT2D eigenvalue weighted by Gasteiger charge is 2.46. The van der Waals surface area contributed by atoms with E-state index in [0.29, 0.717) is 25.1 Å². The monoisotopic (exact) mass is 340 g/mol. The lowest BCUT2D eigenvalue weighted by molar-refractivity contribution is -0.146. The highest BCUT2D eigenvalue weighted by atomic mass is 79.9. The van der Waals surface area contributed by atoms with Gasteiger partial charge in [0, 0.05) is 16.7 Å². The van der Waals surface area contributed by atoms with E-state index in [2.05, 4.69) is 21.2 Å². The first-order valence-electron chi connectivity index (χ1n) is 6.43. The summed E-state index contributed by atoms with van der Waals surface area (Å²) in [4.78, 5) is 25.1. The molecule has 2 N–H and O–H groups in total. The van der Waals surface area contributed by atoms with Crippen molar-refractivity contribution < 1.29 is 14.7 Å². The average Bonchev–Trinajstić information content (AvgIpc) is 2.77. The van der Waals surface area contributed by atoms with Crippen molar-refractivity contribution >= 4 is 33.6 Å². The van der Waals surface area contributed by atoms with Crippen LogP contribution in [-0.4, -0.2) is 34.1 Å². The van der Waals surface area contributed by atoms with Gasteiger partial charge in [0.15, 0.2) is 0 Å². The Morgan fingerprint density at radius 1 is 1.45 bits per heavy atom. The minimum Gasteiger partial charge on any atom is -0.480 e. The van der Waals surface area contributed by atoms with Crippen LogP contribution in [0.4, 0.5) is 10.5 Å². The van der Waals surface area contributed by atoms with E-state index in [-0.39, 0.29) is 6.03 Å². The molecule has 20 heavy (non-hydrogen) atoms. The maximum absolute atomic E-state index is 12.3. The van der Waals surface area contributed by atoms with E-state index in [1.807, 2.05) is 19.1 Å². The number of carboxylic acids is 1. The summed E-state index contributed by atoms with van der Waals surface area (Å²) >= 11 is 3.36. The van der Waals surface area contributed by atoms with Gasteiger partial charge in [0.25, 0.3) is 0 Å². The van der Waals surface area contributed by atoms with E-state index in [9.17, 15) is 14.7 Å². The number of nitrogens with one attached hydrogen (secondary N) is 1. The van der Waals surface area contributed by atoms with E-state index in [1.54, 1.807) is 13.0 Å². The molecule has 0 radical (unpaired) electrons. The van der Waals surface area contributed by atoms with Gasteiger partial charge in [-0.3, -0.25) is 0 Å². The summed E-state index contributed by atoms with van der Waals surface area (Å²) in [7, 11) is 0. The first-order valence-corrected chi connectivity index (χ1v) is 7.22. The van der Waals surface area contributed by atoms with Crippen LogP contribution in [0.15, 0.2) is 22.7 Å². The van der Waals surface area contributed by atoms with Crippen LogP contribution >= 0.6 is 15.9 Å². The van der Waals surface area contributed by atoms with Gasteiger partial charge in [0.05, 0.1) is 0 Å². The molecule has 0 aliphatic carbocycles. The van der Waals surface area contributed by atoms with Crippen LogP contribution in [0, 0.1) is 6.92 Å². The van der Waals surface area contributed by atoms with Gasteiger partial charge in [0.1, 0.15) is 5.54 Å². The van der Waals surface area contributed by atoms with E-state index < -0.39 is 11.5 Å². The number of hydrogen-bond acceptors (Lipinski definition) is 2. The Hall–Kier alpha value is -1.56. The lowest BCUT2D eigenvalue weighted by Crippen LogP contribution is -2.52. The molecule has 1 aliphatic heterocycles. The number of carbonyl (C=O) groups excluding carboxylic acids is 1. The molecule has 108 valence electrons. The Morgan fingerprint density at radius 3 is 2.80 bits per heavy atom. The largest absolute Gasteiger partial charge is 0.480 e. The number of anilines is 1. The molecular weight excluding hydrogens is 324 g/mol. The summed E-state index contributed by atoms with van der Waals surface area (Å²) in [6, 6.07) is 5.22. The topological polar surface area (TPSA) is 69.6 Å². The normalized spacial score (nSPS) is 21.9. The first-order chi connectivity index (χ1) is 9.34. The van der Waals surface area contributed by atoms with Gasteiger partial charge in [-0.1, -0.05) is 22.0 Å². The molecule has 1 atom stereocenters. The lowest BCUT2D eigenvalue weighted by atomic mass is 10.00. The van der Waals surface area contributed by atoms with Gasteiger partial charge >= 0.3 is 12.0 Å². The number of aryl methyl sites for hydroxylation is 1. The number of amides is 2. The summed E-state index contributed by atoms with van der Waals surface area (Å²) in [6.07, 6.45) is 1.18. The van der Waals surface area contributed by atoms with Crippen LogP contribution in [0.1, 0.15) is 25.3 Å². The van der Waals surface area contributed by atoms with Crippen molar-refractivity contribution in [2.75, 3.05) is 11.9 Å². The van der Waals surface area contributed by atoms with Crippen LogP contribution < -0.4 is 5.32 Å². The molecule has 0 saturated carbocycles. The summed E-state index contributed by atoms with van der Waals surface area (Å²) in [5, 5.41) is 12.1. The van der Waals surface area contributed by atoms with Gasteiger partial charge in [-0.2, -0.15) is 0 Å². The van der Waals surface area contributed by atoms with Crippen molar-refractivity contribution in [3.8, 4) is 0 Å². The molecule has 6 heteroatoms. The van der Waals surface area contributed by atoms with Crippen molar-refractivity contribution in [2.24, 2.45) is 0 Å². The van der Waals surface area contributed by atoms with E-state index in [1.165, 1.54) is 4.90 Å². The van der Waals surface area contributed by atoms with Crippen LogP contribution in [-0.2, 0) is 4.79 Å². The van der Waals surface area contributed by atoms with Gasteiger partial charge in [0.2, 0.25) is 0 Å². The highest BCUT2D eigenvalue weighted by Crippen LogP contribution is 2.30. The smallest absolute Gasteiger partial charge is 0.329 e. The van der Waals surface area contributed by atoms with Crippen LogP contribution in [0.25, 0.3) is 0 Å². The molecule has 5 nitrogen and oxygen atoms in total. The second-order valence-corrected chi connectivity index (χ2v) is 6.14. The number of carbonyl (C=O) groups is 2. The standard InChI is InChI=1S/C14H17BrN2O3/c1-9-4-5-10(15)8-11(9)16-13(20)17-7-3-6-14(17,2)12(18)19/h4-5,8H,3,6-7H2,1-2H3,(H,16,20)(H,18,19). The minimum absolute atomic E-state index is 0.367. The number of urea groups is 1. The zero-order chi connectivity index (χ0) is 14.9. The number of hydrogen-bond donors (Lipinski definition) is 2. The molecule has 1 heterocycles. The summed E-state index contributed by atoms with van der Waals surface area (Å²) in [5.41, 5.74) is 0.492. The second-order valence-electron chi connectivity index (χ2n) is 5.22. The number of carboxylic acid groups (broad SMARTS) is 1. The van der Waals surface area contributed by atoms with Crippen LogP contribution in [0.5, 0.6) is 0 Å². The number of aliphatic carboxylic acids is 1. The molecule has 2 amide bonds. The van der Waals surface area contributed by atoms with E-state index >= 15 is 0 Å². The molecule has 1 saturated heterocycles. The fourth-order valence-electron chi connectivity index (χ4n) is 2.42. The SMILES string of the molecule is Cc1ccc(Br)cc1NC(=O)N1CCCC1(C)C(=O)O. The van der Waals surface area contributed by atoms with Crippen molar-refractivity contribution in [1.82, 2.24) is 4.90 Å². The Labute approximate surface area is 126 Å². The van der Waals surface area contributed by atoms with Crippen LogP contribution in [0.2, 0.25) is 0 Å². The third kappa shape index (κ3) is 2.65. The predicted octanol–water partition coefficient (Wildman–Crippen LogP) is 3.23. The summed E-state index contributed by atoms with van der Waals surface area (Å²) in [5.74, 6) is -0.962. The highest BCUT2D eigenvalue weighted by molar-refractivity contribution is 9.10. The first kappa shape index (κ1) is 14.8. The Morgan fingerprint density at radius 2 is 2.15 bits per heavy atom. The molecule has 1 unspecified atom stereocenters. The van der Waals surface area contributed by atoms with Crippen LogP contribution in [0.3, 0.4) is 0 Å². The molecule has 0 bridgehead atoms. The quantitative estimate of drug-likeness (QED) is 0.868. The van der Waals surface area contributed by atoms with Crippen molar-refractivity contribution in [1.29, 1.82) is 0 Å². The number of rotatable bonds is 2. The second kappa shape index (κ2) is 5.44. The summed E-state index contributed by atoms with van der Waals surface area (Å²) in [6.45, 7) is 3.94.